The van der Waals surface area contributed by atoms with Crippen LogP contribution in [-0.4, -0.2) is 15.7 Å². The summed E-state index contributed by atoms with van der Waals surface area (Å²) >= 11 is 0. The highest BCUT2D eigenvalue weighted by Gasteiger charge is 2.08. The van der Waals surface area contributed by atoms with Gasteiger partial charge in [0.25, 0.3) is 0 Å². The second-order valence-electron chi connectivity index (χ2n) is 5.74. The summed E-state index contributed by atoms with van der Waals surface area (Å²) < 4.78 is 15.7. The van der Waals surface area contributed by atoms with E-state index in [9.17, 15) is 9.18 Å². The summed E-state index contributed by atoms with van der Waals surface area (Å²) in [6, 6.07) is 10.6. The molecule has 0 saturated carbocycles. The van der Waals surface area contributed by atoms with Gasteiger partial charge in [0.05, 0.1) is 18.1 Å². The highest BCUT2D eigenvalue weighted by atomic mass is 19.1. The zero-order chi connectivity index (χ0) is 17.1. The van der Waals surface area contributed by atoms with E-state index in [1.807, 2.05) is 25.2 Å². The third-order valence-corrected chi connectivity index (χ3v) is 4.00. The van der Waals surface area contributed by atoms with E-state index >= 15 is 0 Å². The lowest BCUT2D eigenvalue weighted by atomic mass is 10.1. The minimum atomic E-state index is -0.352. The number of rotatable bonds is 5. The molecule has 0 fully saturated rings. The maximum Gasteiger partial charge on any atom is 0.224 e. The number of aryl methyl sites for hydroxylation is 1. The van der Waals surface area contributed by atoms with E-state index in [0.29, 0.717) is 12.1 Å². The van der Waals surface area contributed by atoms with Gasteiger partial charge in [-0.05, 0) is 29.3 Å². The van der Waals surface area contributed by atoms with Gasteiger partial charge in [-0.25, -0.2) is 4.39 Å². The number of nitrogens with two attached hydrogens (primary N) is 1. The largest absolute Gasteiger partial charge is 0.352 e. The molecular weight excluding hydrogens is 307 g/mol. The van der Waals surface area contributed by atoms with Crippen molar-refractivity contribution < 1.29 is 9.18 Å². The van der Waals surface area contributed by atoms with Gasteiger partial charge in [0, 0.05) is 31.1 Å². The fraction of sp³-hybridized carbons (Fsp3) is 0.222. The molecule has 0 bridgehead atoms. The molecule has 6 heteroatoms. The summed E-state index contributed by atoms with van der Waals surface area (Å²) in [7, 11) is 1.87. The van der Waals surface area contributed by atoms with E-state index in [-0.39, 0.29) is 24.7 Å². The van der Waals surface area contributed by atoms with Crippen LogP contribution in [0.2, 0.25) is 0 Å². The number of nitrogens with one attached hydrogen (secondary N) is 1. The first-order valence-electron chi connectivity index (χ1n) is 7.71. The molecule has 1 aromatic heterocycles. The molecule has 0 aliphatic heterocycles. The van der Waals surface area contributed by atoms with Crippen LogP contribution in [0.5, 0.6) is 0 Å². The number of carbonyl (C=O) groups excluding carboxylic acids is 1. The third kappa shape index (κ3) is 3.44. The third-order valence-electron chi connectivity index (χ3n) is 4.00. The van der Waals surface area contributed by atoms with Gasteiger partial charge in [-0.1, -0.05) is 18.2 Å². The minimum absolute atomic E-state index is 0.152. The Balaban J connectivity index is 1.62. The summed E-state index contributed by atoms with van der Waals surface area (Å²) in [4.78, 5) is 12.1. The van der Waals surface area contributed by atoms with E-state index in [1.165, 1.54) is 6.07 Å². The number of carbonyl (C=O) groups is 1. The van der Waals surface area contributed by atoms with Crippen molar-refractivity contribution in [1.29, 1.82) is 0 Å². The Bertz CT molecular complexity index is 888. The van der Waals surface area contributed by atoms with Gasteiger partial charge < -0.3 is 11.1 Å². The number of aromatic nitrogens is 2. The molecule has 3 aromatic rings. The maximum absolute atomic E-state index is 13.9. The Morgan fingerprint density at radius 3 is 2.79 bits per heavy atom. The highest BCUT2D eigenvalue weighted by molar-refractivity contribution is 5.83. The van der Waals surface area contributed by atoms with Crippen molar-refractivity contribution in [1.82, 2.24) is 15.1 Å². The molecule has 0 atom stereocenters. The molecule has 0 spiro atoms. The Labute approximate surface area is 139 Å². The first-order chi connectivity index (χ1) is 11.6. The molecule has 0 unspecified atom stereocenters. The molecular formula is C18H19FN4O. The molecule has 3 N–H and O–H groups in total. The average molecular weight is 326 g/mol. The number of hydrogen-bond donors (Lipinski definition) is 2. The predicted octanol–water partition coefficient (Wildman–Crippen LogP) is 2.03. The van der Waals surface area contributed by atoms with Crippen LogP contribution in [0.25, 0.3) is 10.9 Å². The van der Waals surface area contributed by atoms with Gasteiger partial charge in [-0.15, -0.1) is 0 Å². The fourth-order valence-corrected chi connectivity index (χ4v) is 2.63. The predicted molar refractivity (Wildman–Crippen MR) is 90.6 cm³/mol. The molecule has 2 aromatic carbocycles. The topological polar surface area (TPSA) is 72.9 Å². The number of fused-ring (bicyclic) bond motifs is 1. The SMILES string of the molecule is Cn1ncc2cc(CC(=O)NCc3ccc(CN)cc3F)ccc21. The molecule has 0 aliphatic rings. The van der Waals surface area contributed by atoms with E-state index in [0.717, 1.165) is 22.0 Å². The summed E-state index contributed by atoms with van der Waals surface area (Å²) in [6.45, 7) is 0.449. The summed E-state index contributed by atoms with van der Waals surface area (Å²) in [5, 5.41) is 7.92. The number of hydrogen-bond acceptors (Lipinski definition) is 3. The van der Waals surface area contributed by atoms with Gasteiger partial charge >= 0.3 is 0 Å². The molecule has 24 heavy (non-hydrogen) atoms. The molecule has 1 heterocycles. The van der Waals surface area contributed by atoms with Crippen molar-refractivity contribution in [2.45, 2.75) is 19.5 Å². The van der Waals surface area contributed by atoms with Gasteiger partial charge in [-0.2, -0.15) is 5.10 Å². The van der Waals surface area contributed by atoms with Crippen molar-refractivity contribution in [3.8, 4) is 0 Å². The van der Waals surface area contributed by atoms with E-state index in [4.69, 9.17) is 5.73 Å². The molecule has 1 amide bonds. The summed E-state index contributed by atoms with van der Waals surface area (Å²) in [5.74, 6) is -0.504. The standard InChI is InChI=1S/C18H19FN4O/c1-23-17-5-3-12(6-15(17)11-22-23)8-18(24)21-10-14-4-2-13(9-20)7-16(14)19/h2-7,11H,8-10,20H2,1H3,(H,21,24). The van der Waals surface area contributed by atoms with Gasteiger partial charge in [-0.3, -0.25) is 9.48 Å². The van der Waals surface area contributed by atoms with Crippen molar-refractivity contribution >= 4 is 16.8 Å². The van der Waals surface area contributed by atoms with Crippen molar-refractivity contribution in [3.05, 3.63) is 65.1 Å². The lowest BCUT2D eigenvalue weighted by Gasteiger charge is -2.08. The summed E-state index contributed by atoms with van der Waals surface area (Å²) in [6.07, 6.45) is 2.01. The molecule has 0 saturated heterocycles. The minimum Gasteiger partial charge on any atom is -0.352 e. The molecule has 0 radical (unpaired) electrons. The quantitative estimate of drug-likeness (QED) is 0.753. The monoisotopic (exact) mass is 326 g/mol. The molecule has 5 nitrogen and oxygen atoms in total. The van der Waals surface area contributed by atoms with Crippen LogP contribution in [0.4, 0.5) is 4.39 Å². The lowest BCUT2D eigenvalue weighted by Crippen LogP contribution is -2.25. The van der Waals surface area contributed by atoms with Gasteiger partial charge in [0.15, 0.2) is 0 Å². The second kappa shape index (κ2) is 6.80. The first kappa shape index (κ1) is 16.1. The van der Waals surface area contributed by atoms with Crippen LogP contribution in [0.3, 0.4) is 0 Å². The molecule has 124 valence electrons. The van der Waals surface area contributed by atoms with Gasteiger partial charge in [0.1, 0.15) is 5.82 Å². The second-order valence-corrected chi connectivity index (χ2v) is 5.74. The van der Waals surface area contributed by atoms with Crippen molar-refractivity contribution in [2.75, 3.05) is 0 Å². The maximum atomic E-state index is 13.9. The smallest absolute Gasteiger partial charge is 0.224 e. The lowest BCUT2D eigenvalue weighted by molar-refractivity contribution is -0.120. The average Bonchev–Trinajstić information content (AvgIpc) is 2.94. The Kier molecular flexibility index (Phi) is 4.57. The number of benzene rings is 2. The van der Waals surface area contributed by atoms with E-state index in [1.54, 1.807) is 23.0 Å². The van der Waals surface area contributed by atoms with Gasteiger partial charge in [0.2, 0.25) is 5.91 Å². The van der Waals surface area contributed by atoms with Crippen LogP contribution in [0, 0.1) is 5.82 Å². The molecule has 0 aliphatic carbocycles. The number of halogens is 1. The number of nitrogens with zero attached hydrogens (tertiary/aromatic N) is 2. The normalized spacial score (nSPS) is 11.0. The van der Waals surface area contributed by atoms with Crippen molar-refractivity contribution in [3.63, 3.8) is 0 Å². The van der Waals surface area contributed by atoms with Crippen LogP contribution in [-0.2, 0) is 31.4 Å². The Morgan fingerprint density at radius 1 is 1.25 bits per heavy atom. The molecule has 3 rings (SSSR count). The van der Waals surface area contributed by atoms with Crippen molar-refractivity contribution in [2.24, 2.45) is 12.8 Å². The van der Waals surface area contributed by atoms with E-state index < -0.39 is 0 Å². The fourth-order valence-electron chi connectivity index (χ4n) is 2.63. The Hall–Kier alpha value is -2.73. The van der Waals surface area contributed by atoms with E-state index in [2.05, 4.69) is 10.4 Å². The first-order valence-corrected chi connectivity index (χ1v) is 7.71. The van der Waals surface area contributed by atoms with Crippen LogP contribution >= 0.6 is 0 Å². The van der Waals surface area contributed by atoms with Crippen LogP contribution in [0.15, 0.2) is 42.6 Å². The summed E-state index contributed by atoms with van der Waals surface area (Å²) in [5.41, 5.74) is 8.56. The zero-order valence-corrected chi connectivity index (χ0v) is 13.4. The highest BCUT2D eigenvalue weighted by Crippen LogP contribution is 2.15. The number of amides is 1. The van der Waals surface area contributed by atoms with Crippen LogP contribution in [0.1, 0.15) is 16.7 Å². The Morgan fingerprint density at radius 2 is 2.04 bits per heavy atom. The van der Waals surface area contributed by atoms with Crippen LogP contribution < -0.4 is 11.1 Å². The zero-order valence-electron chi connectivity index (χ0n) is 13.4.